The van der Waals surface area contributed by atoms with E-state index in [1.165, 1.54) is 0 Å². The van der Waals surface area contributed by atoms with Gasteiger partial charge in [0.2, 0.25) is 0 Å². The molecule has 0 unspecified atom stereocenters. The Balaban J connectivity index is 2.19. The largest absolute Gasteiger partial charge is 0.392 e. The molecule has 2 amide bonds. The van der Waals surface area contributed by atoms with Crippen molar-refractivity contribution in [3.63, 3.8) is 0 Å². The number of urea groups is 1. The molecule has 1 atom stereocenters. The van der Waals surface area contributed by atoms with Gasteiger partial charge in [-0.3, -0.25) is 4.90 Å². The maximum Gasteiger partial charge on any atom is 0.317 e. The van der Waals surface area contributed by atoms with Crippen LogP contribution in [0, 0.1) is 0 Å². The summed E-state index contributed by atoms with van der Waals surface area (Å²) in [5, 5.41) is 12.1. The van der Waals surface area contributed by atoms with Gasteiger partial charge in [-0.25, -0.2) is 4.79 Å². The smallest absolute Gasteiger partial charge is 0.317 e. The fourth-order valence-electron chi connectivity index (χ4n) is 1.88. The number of nitrogens with one attached hydrogen (secondary N) is 1. The van der Waals surface area contributed by atoms with Gasteiger partial charge in [0, 0.05) is 46.4 Å². The second kappa shape index (κ2) is 7.47. The molecule has 1 aliphatic heterocycles. The molecule has 0 saturated carbocycles. The number of nitrogens with zero attached hydrogens (tertiary/aromatic N) is 2. The van der Waals surface area contributed by atoms with Crippen molar-refractivity contribution in [2.24, 2.45) is 0 Å². The summed E-state index contributed by atoms with van der Waals surface area (Å²) in [6, 6.07) is -0.0289. The minimum atomic E-state index is -0.308. The Morgan fingerprint density at radius 3 is 2.59 bits per heavy atom. The number of aliphatic hydroxyl groups is 1. The van der Waals surface area contributed by atoms with Gasteiger partial charge in [0.25, 0.3) is 0 Å². The van der Waals surface area contributed by atoms with E-state index < -0.39 is 0 Å². The number of methoxy groups -OCH3 is 1. The molecular weight excluding hydrogens is 222 g/mol. The molecule has 0 aromatic carbocycles. The molecule has 1 heterocycles. The van der Waals surface area contributed by atoms with Crippen LogP contribution in [0.5, 0.6) is 0 Å². The first kappa shape index (κ1) is 14.2. The van der Waals surface area contributed by atoms with Gasteiger partial charge in [-0.15, -0.1) is 0 Å². The molecule has 0 radical (unpaired) electrons. The zero-order valence-corrected chi connectivity index (χ0v) is 10.7. The number of rotatable bonds is 5. The van der Waals surface area contributed by atoms with Gasteiger partial charge >= 0.3 is 6.03 Å². The molecule has 0 aromatic heterocycles. The van der Waals surface area contributed by atoms with E-state index in [0.717, 1.165) is 13.1 Å². The second-order valence-corrected chi connectivity index (χ2v) is 4.36. The highest BCUT2D eigenvalue weighted by atomic mass is 16.5. The summed E-state index contributed by atoms with van der Waals surface area (Å²) in [4.78, 5) is 15.7. The van der Waals surface area contributed by atoms with Crippen LogP contribution in [0.3, 0.4) is 0 Å². The van der Waals surface area contributed by atoms with Crippen molar-refractivity contribution in [2.45, 2.75) is 13.0 Å². The summed E-state index contributed by atoms with van der Waals surface area (Å²) in [7, 11) is 1.61. The number of hydrogen-bond donors (Lipinski definition) is 2. The van der Waals surface area contributed by atoms with Crippen molar-refractivity contribution in [1.29, 1.82) is 0 Å². The summed E-state index contributed by atoms with van der Waals surface area (Å²) in [5.74, 6) is 0. The van der Waals surface area contributed by atoms with Gasteiger partial charge in [-0.05, 0) is 6.92 Å². The number of piperazine rings is 1. The number of amides is 2. The van der Waals surface area contributed by atoms with Gasteiger partial charge in [0.1, 0.15) is 0 Å². The van der Waals surface area contributed by atoms with Gasteiger partial charge in [-0.2, -0.15) is 0 Å². The molecule has 6 heteroatoms. The fourth-order valence-corrected chi connectivity index (χ4v) is 1.88. The van der Waals surface area contributed by atoms with Crippen LogP contribution in [0.1, 0.15) is 6.92 Å². The maximum atomic E-state index is 11.7. The lowest BCUT2D eigenvalue weighted by atomic mass is 10.3. The lowest BCUT2D eigenvalue weighted by Crippen LogP contribution is -2.53. The predicted molar refractivity (Wildman–Crippen MR) is 65.0 cm³/mol. The van der Waals surface area contributed by atoms with Gasteiger partial charge < -0.3 is 20.1 Å². The first-order valence-electron chi connectivity index (χ1n) is 6.05. The molecule has 17 heavy (non-hydrogen) atoms. The Labute approximate surface area is 103 Å². The number of aliphatic hydroxyl groups excluding tert-OH is 1. The maximum absolute atomic E-state index is 11.7. The zero-order chi connectivity index (χ0) is 12.7. The first-order valence-corrected chi connectivity index (χ1v) is 6.05. The van der Waals surface area contributed by atoms with E-state index in [-0.39, 0.29) is 12.1 Å². The van der Waals surface area contributed by atoms with E-state index in [4.69, 9.17) is 4.74 Å². The minimum absolute atomic E-state index is 0.0289. The van der Waals surface area contributed by atoms with Crippen LogP contribution in [0.25, 0.3) is 0 Å². The summed E-state index contributed by atoms with van der Waals surface area (Å²) in [5.41, 5.74) is 0. The van der Waals surface area contributed by atoms with E-state index in [0.29, 0.717) is 32.8 Å². The van der Waals surface area contributed by atoms with Gasteiger partial charge in [0.05, 0.1) is 12.7 Å². The van der Waals surface area contributed by atoms with Crippen LogP contribution in [0.4, 0.5) is 4.79 Å². The van der Waals surface area contributed by atoms with E-state index >= 15 is 0 Å². The van der Waals surface area contributed by atoms with Crippen molar-refractivity contribution in [1.82, 2.24) is 15.1 Å². The summed E-state index contributed by atoms with van der Waals surface area (Å²) >= 11 is 0. The Morgan fingerprint density at radius 2 is 2.06 bits per heavy atom. The molecular formula is C11H23N3O3. The van der Waals surface area contributed by atoms with Crippen LogP contribution in [0.2, 0.25) is 0 Å². The third-order valence-corrected chi connectivity index (χ3v) is 2.76. The van der Waals surface area contributed by atoms with Crippen LogP contribution in [0.15, 0.2) is 0 Å². The highest BCUT2D eigenvalue weighted by Gasteiger charge is 2.21. The Kier molecular flexibility index (Phi) is 6.25. The van der Waals surface area contributed by atoms with Crippen LogP contribution < -0.4 is 5.32 Å². The van der Waals surface area contributed by atoms with Gasteiger partial charge in [-0.1, -0.05) is 0 Å². The van der Waals surface area contributed by atoms with E-state index in [1.807, 2.05) is 0 Å². The number of carbonyl (C=O) groups excluding carboxylic acids is 1. The Hall–Kier alpha value is -0.850. The highest BCUT2D eigenvalue weighted by molar-refractivity contribution is 5.74. The second-order valence-electron chi connectivity index (χ2n) is 4.36. The standard InChI is InChI=1S/C11H23N3O3/c1-10(15)9-13-4-6-14(7-5-13)11(16)12-3-8-17-2/h10,15H,3-9H2,1-2H3,(H,12,16)/t10-/m1/s1. The van der Waals surface area contributed by atoms with Crippen molar-refractivity contribution in [3.05, 3.63) is 0 Å². The first-order chi connectivity index (χ1) is 8.13. The van der Waals surface area contributed by atoms with Crippen LogP contribution in [-0.4, -0.2) is 80.0 Å². The molecule has 0 bridgehead atoms. The summed E-state index contributed by atoms with van der Waals surface area (Å²) < 4.78 is 4.87. The predicted octanol–water partition coefficient (Wildman–Crippen LogP) is -0.659. The molecule has 6 nitrogen and oxygen atoms in total. The number of ether oxygens (including phenoxy) is 1. The van der Waals surface area contributed by atoms with Crippen molar-refractivity contribution < 1.29 is 14.6 Å². The molecule has 100 valence electrons. The number of carbonyl (C=O) groups is 1. The average molecular weight is 245 g/mol. The molecule has 0 spiro atoms. The Morgan fingerprint density at radius 1 is 1.41 bits per heavy atom. The lowest BCUT2D eigenvalue weighted by Gasteiger charge is -2.35. The third kappa shape index (κ3) is 5.34. The van der Waals surface area contributed by atoms with E-state index in [9.17, 15) is 9.90 Å². The van der Waals surface area contributed by atoms with Crippen molar-refractivity contribution in [3.8, 4) is 0 Å². The van der Waals surface area contributed by atoms with Crippen molar-refractivity contribution >= 4 is 6.03 Å². The molecule has 1 saturated heterocycles. The normalized spacial score (nSPS) is 19.1. The lowest BCUT2D eigenvalue weighted by molar-refractivity contribution is 0.0892. The van der Waals surface area contributed by atoms with E-state index in [2.05, 4.69) is 10.2 Å². The van der Waals surface area contributed by atoms with E-state index in [1.54, 1.807) is 18.9 Å². The number of hydrogen-bond acceptors (Lipinski definition) is 4. The van der Waals surface area contributed by atoms with Crippen LogP contribution >= 0.6 is 0 Å². The fraction of sp³-hybridized carbons (Fsp3) is 0.909. The average Bonchev–Trinajstić information content (AvgIpc) is 2.29. The zero-order valence-electron chi connectivity index (χ0n) is 10.7. The molecule has 0 aliphatic carbocycles. The van der Waals surface area contributed by atoms with Gasteiger partial charge in [0.15, 0.2) is 0 Å². The SMILES string of the molecule is COCCNC(=O)N1CCN(C[C@@H](C)O)CC1. The topological polar surface area (TPSA) is 65.0 Å². The van der Waals surface area contributed by atoms with Crippen LogP contribution in [-0.2, 0) is 4.74 Å². The molecule has 1 rings (SSSR count). The third-order valence-electron chi connectivity index (χ3n) is 2.76. The Bertz CT molecular complexity index is 228. The molecule has 1 fully saturated rings. The highest BCUT2D eigenvalue weighted by Crippen LogP contribution is 2.02. The number of β-amino-alcohol motifs (C(OH)–C–C–N with tert-alkyl or cyclic N) is 1. The summed E-state index contributed by atoms with van der Waals surface area (Å²) in [6.07, 6.45) is -0.308. The molecule has 1 aliphatic rings. The molecule has 0 aromatic rings. The minimum Gasteiger partial charge on any atom is -0.392 e. The van der Waals surface area contributed by atoms with Crippen molar-refractivity contribution in [2.75, 3.05) is 53.0 Å². The quantitative estimate of drug-likeness (QED) is 0.631. The monoisotopic (exact) mass is 245 g/mol. The summed E-state index contributed by atoms with van der Waals surface area (Å²) in [6.45, 7) is 6.61. The molecule has 2 N–H and O–H groups in total.